The van der Waals surface area contributed by atoms with Gasteiger partial charge in [-0.2, -0.15) is 13.2 Å². The van der Waals surface area contributed by atoms with Crippen molar-refractivity contribution in [1.82, 2.24) is 0 Å². The molecule has 0 saturated heterocycles. The van der Waals surface area contributed by atoms with Crippen LogP contribution in [-0.4, -0.2) is 27.3 Å². The predicted octanol–water partition coefficient (Wildman–Crippen LogP) is 4.93. The molecule has 7 heteroatoms. The molecule has 1 aliphatic carbocycles. The lowest BCUT2D eigenvalue weighted by Gasteiger charge is -2.30. The van der Waals surface area contributed by atoms with Crippen LogP contribution in [0.2, 0.25) is 0 Å². The van der Waals surface area contributed by atoms with Gasteiger partial charge >= 0.3 is 12.1 Å². The van der Waals surface area contributed by atoms with E-state index in [9.17, 15) is 18.0 Å². The van der Waals surface area contributed by atoms with Gasteiger partial charge in [-0.15, -0.1) is 23.5 Å². The smallest absolute Gasteiger partial charge is 0.416 e. The van der Waals surface area contributed by atoms with Crippen molar-refractivity contribution in [2.45, 2.75) is 47.3 Å². The van der Waals surface area contributed by atoms with Crippen molar-refractivity contribution in [1.29, 1.82) is 0 Å². The number of carboxylic acid groups (broad SMARTS) is 1. The van der Waals surface area contributed by atoms with E-state index in [4.69, 9.17) is 5.11 Å². The highest BCUT2D eigenvalue weighted by molar-refractivity contribution is 8.04. The van der Waals surface area contributed by atoms with Crippen molar-refractivity contribution >= 4 is 29.5 Å². The summed E-state index contributed by atoms with van der Waals surface area (Å²) in [6.45, 7) is 0. The van der Waals surface area contributed by atoms with E-state index in [2.05, 4.69) is 0 Å². The second-order valence-corrected chi connectivity index (χ2v) is 7.75. The fourth-order valence-corrected chi connectivity index (χ4v) is 5.12. The molecule has 0 aromatic heterocycles. The Bertz CT molecular complexity index is 503. The molecule has 1 aromatic rings. The third-order valence-electron chi connectivity index (χ3n) is 3.53. The molecule has 2 nitrogen and oxygen atoms in total. The maximum absolute atomic E-state index is 12.6. The number of halogens is 3. The summed E-state index contributed by atoms with van der Waals surface area (Å²) >= 11 is 3.00. The Hall–Kier alpha value is -0.820. The molecule has 0 amide bonds. The molecule has 1 aliphatic rings. The first-order chi connectivity index (χ1) is 10.4. The van der Waals surface area contributed by atoms with Gasteiger partial charge in [0.2, 0.25) is 0 Å². The Morgan fingerprint density at radius 2 is 1.73 bits per heavy atom. The van der Waals surface area contributed by atoms with E-state index in [1.165, 1.54) is 23.9 Å². The Kier molecular flexibility index (Phi) is 6.09. The Balaban J connectivity index is 1.99. The van der Waals surface area contributed by atoms with Gasteiger partial charge < -0.3 is 5.11 Å². The molecule has 22 heavy (non-hydrogen) atoms. The molecule has 122 valence electrons. The molecule has 1 saturated carbocycles. The summed E-state index contributed by atoms with van der Waals surface area (Å²) in [6.07, 6.45) is -0.197. The van der Waals surface area contributed by atoms with Gasteiger partial charge in [-0.05, 0) is 37.1 Å². The fraction of sp³-hybridized carbons (Fsp3) is 0.533. The van der Waals surface area contributed by atoms with E-state index in [0.717, 1.165) is 42.7 Å². The van der Waals surface area contributed by atoms with Crippen molar-refractivity contribution in [3.8, 4) is 0 Å². The van der Waals surface area contributed by atoms with Crippen LogP contribution in [0.1, 0.15) is 31.2 Å². The second kappa shape index (κ2) is 7.64. The predicted molar refractivity (Wildman–Crippen MR) is 83.4 cm³/mol. The summed E-state index contributed by atoms with van der Waals surface area (Å²) in [5, 5.41) is 9.30. The van der Waals surface area contributed by atoms with Crippen LogP contribution in [0, 0.1) is 0 Å². The number of thioether (sulfide) groups is 2. The van der Waals surface area contributed by atoms with Crippen molar-refractivity contribution in [3.05, 3.63) is 29.8 Å². The summed E-state index contributed by atoms with van der Waals surface area (Å²) in [6, 6.07) is 5.21. The summed E-state index contributed by atoms with van der Waals surface area (Å²) < 4.78 is 37.7. The molecule has 0 aliphatic heterocycles. The summed E-state index contributed by atoms with van der Waals surface area (Å²) in [7, 11) is 0. The first kappa shape index (κ1) is 17.5. The van der Waals surface area contributed by atoms with Crippen LogP contribution in [0.3, 0.4) is 0 Å². The van der Waals surface area contributed by atoms with Gasteiger partial charge in [0.15, 0.2) is 0 Å². The van der Waals surface area contributed by atoms with E-state index in [-0.39, 0.29) is 16.3 Å². The zero-order valence-electron chi connectivity index (χ0n) is 11.8. The molecular formula is C15H17F3O2S2. The zero-order valence-corrected chi connectivity index (χ0v) is 13.4. The molecule has 1 aromatic carbocycles. The molecule has 0 radical (unpaired) electrons. The SMILES string of the molecule is O=C(O)CS[C@@H]1CCCC[C@H]1Sc1ccc(C(F)(F)F)cc1. The van der Waals surface area contributed by atoms with Crippen molar-refractivity contribution in [2.24, 2.45) is 0 Å². The van der Waals surface area contributed by atoms with Crippen LogP contribution in [0.15, 0.2) is 29.2 Å². The third kappa shape index (κ3) is 5.12. The van der Waals surface area contributed by atoms with Gasteiger partial charge in [0.25, 0.3) is 0 Å². The van der Waals surface area contributed by atoms with Crippen molar-refractivity contribution in [3.63, 3.8) is 0 Å². The summed E-state index contributed by atoms with van der Waals surface area (Å²) in [5.74, 6) is -0.747. The number of rotatable bonds is 5. The second-order valence-electron chi connectivity index (χ2n) is 5.21. The lowest BCUT2D eigenvalue weighted by atomic mass is 10.00. The molecule has 2 atom stereocenters. The first-order valence-corrected chi connectivity index (χ1v) is 8.96. The number of carbonyl (C=O) groups is 1. The molecule has 0 spiro atoms. The summed E-state index contributed by atoms with van der Waals surface area (Å²) in [5.41, 5.74) is -0.641. The highest BCUT2D eigenvalue weighted by Crippen LogP contribution is 2.40. The Labute approximate surface area is 135 Å². The van der Waals surface area contributed by atoms with Crippen molar-refractivity contribution < 1.29 is 23.1 Å². The van der Waals surface area contributed by atoms with Gasteiger partial charge in [0.1, 0.15) is 0 Å². The van der Waals surface area contributed by atoms with Crippen LogP contribution in [0.25, 0.3) is 0 Å². The van der Waals surface area contributed by atoms with Crippen LogP contribution >= 0.6 is 23.5 Å². The van der Waals surface area contributed by atoms with Crippen LogP contribution in [0.4, 0.5) is 13.2 Å². The topological polar surface area (TPSA) is 37.3 Å². The zero-order chi connectivity index (χ0) is 16.2. The maximum atomic E-state index is 12.6. The van der Waals surface area contributed by atoms with E-state index < -0.39 is 17.7 Å². The molecule has 1 fully saturated rings. The highest BCUT2D eigenvalue weighted by atomic mass is 32.2. The van der Waals surface area contributed by atoms with Crippen LogP contribution in [-0.2, 0) is 11.0 Å². The average Bonchev–Trinajstić information content (AvgIpc) is 2.46. The monoisotopic (exact) mass is 350 g/mol. The quantitative estimate of drug-likeness (QED) is 0.817. The maximum Gasteiger partial charge on any atom is 0.416 e. The van der Waals surface area contributed by atoms with E-state index in [1.807, 2.05) is 0 Å². The van der Waals surface area contributed by atoms with E-state index in [0.29, 0.717) is 0 Å². The number of aliphatic carboxylic acids is 1. The molecular weight excluding hydrogens is 333 g/mol. The minimum atomic E-state index is -4.31. The summed E-state index contributed by atoms with van der Waals surface area (Å²) in [4.78, 5) is 11.5. The van der Waals surface area contributed by atoms with Gasteiger partial charge in [-0.3, -0.25) is 4.79 Å². The van der Waals surface area contributed by atoms with E-state index >= 15 is 0 Å². The lowest BCUT2D eigenvalue weighted by Crippen LogP contribution is -2.25. The average molecular weight is 350 g/mol. The molecule has 1 N–H and O–H groups in total. The minimum absolute atomic E-state index is 0.0781. The molecule has 0 unspecified atom stereocenters. The Morgan fingerprint density at radius 1 is 1.14 bits per heavy atom. The van der Waals surface area contributed by atoms with Gasteiger partial charge in [0, 0.05) is 15.4 Å². The molecule has 0 bridgehead atoms. The normalized spacial score (nSPS) is 22.5. The molecule has 2 rings (SSSR count). The Morgan fingerprint density at radius 3 is 2.27 bits per heavy atom. The number of carboxylic acids is 1. The fourth-order valence-electron chi connectivity index (χ4n) is 2.46. The first-order valence-electron chi connectivity index (χ1n) is 7.03. The highest BCUT2D eigenvalue weighted by Gasteiger charge is 2.31. The van der Waals surface area contributed by atoms with Gasteiger partial charge in [-0.1, -0.05) is 12.8 Å². The largest absolute Gasteiger partial charge is 0.481 e. The number of hydrogen-bond acceptors (Lipinski definition) is 3. The van der Waals surface area contributed by atoms with Gasteiger partial charge in [-0.25, -0.2) is 0 Å². The van der Waals surface area contributed by atoms with Gasteiger partial charge in [0.05, 0.1) is 11.3 Å². The van der Waals surface area contributed by atoms with E-state index in [1.54, 1.807) is 11.8 Å². The minimum Gasteiger partial charge on any atom is -0.481 e. The van der Waals surface area contributed by atoms with Crippen LogP contribution in [0.5, 0.6) is 0 Å². The number of hydrogen-bond donors (Lipinski definition) is 1. The number of alkyl halides is 3. The third-order valence-corrected chi connectivity index (χ3v) is 6.52. The van der Waals surface area contributed by atoms with Crippen molar-refractivity contribution in [2.75, 3.05) is 5.75 Å². The molecule has 0 heterocycles. The number of benzene rings is 1. The standard InChI is InChI=1S/C15H17F3O2S2/c16-15(17,18)10-5-7-11(8-6-10)22-13-4-2-1-3-12(13)21-9-14(19)20/h5-8,12-13H,1-4,9H2,(H,19,20)/t12-,13-/m1/s1. The lowest BCUT2D eigenvalue weighted by molar-refractivity contribution is -0.137. The van der Waals surface area contributed by atoms with Crippen LogP contribution < -0.4 is 0 Å².